The average Bonchev–Trinajstić information content (AvgIpc) is 3.35. The molecule has 1 aromatic heterocycles. The highest BCUT2D eigenvalue weighted by Gasteiger charge is 2.22. The van der Waals surface area contributed by atoms with Crippen LogP contribution in [0.2, 0.25) is 0 Å². The first-order chi connectivity index (χ1) is 18.1. The van der Waals surface area contributed by atoms with Crippen molar-refractivity contribution >= 4 is 38.7 Å². The van der Waals surface area contributed by atoms with Crippen LogP contribution in [0.4, 0.5) is 9.93 Å². The number of ether oxygens (including phenoxy) is 1. The molecule has 5 N–H and O–H groups in total. The normalized spacial score (nSPS) is 12.2. The van der Waals surface area contributed by atoms with Crippen LogP contribution in [0.3, 0.4) is 0 Å². The molecule has 2 amide bonds. The molecule has 0 radical (unpaired) electrons. The molecule has 12 heteroatoms. The molecular weight excluding hydrogens is 526 g/mol. The summed E-state index contributed by atoms with van der Waals surface area (Å²) in [5.74, 6) is -0.0224. The summed E-state index contributed by atoms with van der Waals surface area (Å²) >= 11 is 1.28. The van der Waals surface area contributed by atoms with Gasteiger partial charge in [-0.3, -0.25) is 4.79 Å². The second-order valence-electron chi connectivity index (χ2n) is 9.00. The van der Waals surface area contributed by atoms with Gasteiger partial charge in [-0.1, -0.05) is 68.4 Å². The molecule has 1 heterocycles. The molecule has 0 bridgehead atoms. The molecular formula is C26H33N5O5S2. The van der Waals surface area contributed by atoms with Crippen molar-refractivity contribution in [3.63, 3.8) is 0 Å². The number of hydrogen-bond donors (Lipinski definition) is 4. The molecule has 3 aromatic rings. The molecule has 204 valence electrons. The van der Waals surface area contributed by atoms with E-state index in [2.05, 4.69) is 46.3 Å². The Kier molecular flexibility index (Phi) is 10.8. The first kappa shape index (κ1) is 29.2. The maximum Gasteiger partial charge on any atom is 0.408 e. The number of alkyl carbamates (subject to hydrolysis) is 1. The number of nitrogens with one attached hydrogen (secondary N) is 3. The van der Waals surface area contributed by atoms with E-state index in [1.165, 1.54) is 16.9 Å². The number of rotatable bonds is 13. The van der Waals surface area contributed by atoms with Gasteiger partial charge in [0.2, 0.25) is 5.91 Å². The SMILES string of the molecule is CC(C)c1ccc(-c2csc(NC(=O)[C@H](CCCCNS(N)(=O)=O)NC(=O)OCc3ccccc3)n2)cc1. The van der Waals surface area contributed by atoms with Gasteiger partial charge >= 0.3 is 6.09 Å². The summed E-state index contributed by atoms with van der Waals surface area (Å²) < 4.78 is 29.6. The van der Waals surface area contributed by atoms with E-state index < -0.39 is 28.3 Å². The number of unbranched alkanes of at least 4 members (excludes halogenated alkanes) is 1. The largest absolute Gasteiger partial charge is 0.445 e. The zero-order valence-corrected chi connectivity index (χ0v) is 23.0. The Labute approximate surface area is 227 Å². The number of hydrogen-bond acceptors (Lipinski definition) is 7. The van der Waals surface area contributed by atoms with Crippen molar-refractivity contribution in [2.24, 2.45) is 5.14 Å². The van der Waals surface area contributed by atoms with Gasteiger partial charge in [0.25, 0.3) is 10.2 Å². The molecule has 0 unspecified atom stereocenters. The topological polar surface area (TPSA) is 153 Å². The summed E-state index contributed by atoms with van der Waals surface area (Å²) in [4.78, 5) is 30.0. The van der Waals surface area contributed by atoms with Gasteiger partial charge in [0, 0.05) is 17.5 Å². The van der Waals surface area contributed by atoms with Crippen LogP contribution in [0.1, 0.15) is 50.2 Å². The van der Waals surface area contributed by atoms with Gasteiger partial charge in [-0.2, -0.15) is 8.42 Å². The Balaban J connectivity index is 1.61. The third-order valence-electron chi connectivity index (χ3n) is 5.65. The van der Waals surface area contributed by atoms with Crippen LogP contribution in [-0.2, 0) is 26.3 Å². The van der Waals surface area contributed by atoms with Crippen molar-refractivity contribution < 1.29 is 22.7 Å². The smallest absolute Gasteiger partial charge is 0.408 e. The second-order valence-corrected chi connectivity index (χ2v) is 11.2. The molecule has 0 aliphatic heterocycles. The van der Waals surface area contributed by atoms with Crippen molar-refractivity contribution in [1.82, 2.24) is 15.0 Å². The lowest BCUT2D eigenvalue weighted by molar-refractivity contribution is -0.118. The summed E-state index contributed by atoms with van der Waals surface area (Å²) in [6.45, 7) is 4.44. The molecule has 0 saturated carbocycles. The Morgan fingerprint density at radius 1 is 1.05 bits per heavy atom. The molecule has 10 nitrogen and oxygen atoms in total. The van der Waals surface area contributed by atoms with E-state index in [1.807, 2.05) is 47.8 Å². The number of benzene rings is 2. The van der Waals surface area contributed by atoms with E-state index in [1.54, 1.807) is 0 Å². The van der Waals surface area contributed by atoms with Crippen molar-refractivity contribution in [3.8, 4) is 11.3 Å². The minimum atomic E-state index is -3.79. The minimum Gasteiger partial charge on any atom is -0.445 e. The lowest BCUT2D eigenvalue weighted by Gasteiger charge is -2.17. The van der Waals surface area contributed by atoms with Crippen LogP contribution >= 0.6 is 11.3 Å². The predicted octanol–water partition coefficient (Wildman–Crippen LogP) is 4.13. The van der Waals surface area contributed by atoms with Gasteiger partial charge in [-0.15, -0.1) is 11.3 Å². The van der Waals surface area contributed by atoms with Crippen molar-refractivity contribution in [3.05, 3.63) is 71.1 Å². The van der Waals surface area contributed by atoms with E-state index in [9.17, 15) is 18.0 Å². The van der Waals surface area contributed by atoms with Crippen LogP contribution in [0.5, 0.6) is 0 Å². The molecule has 0 fully saturated rings. The number of thiazole rings is 1. The quantitative estimate of drug-likeness (QED) is 0.231. The zero-order valence-electron chi connectivity index (χ0n) is 21.3. The number of nitrogens with two attached hydrogens (primary N) is 1. The van der Waals surface area contributed by atoms with E-state index in [0.717, 1.165) is 16.8 Å². The lowest BCUT2D eigenvalue weighted by Crippen LogP contribution is -2.44. The van der Waals surface area contributed by atoms with E-state index >= 15 is 0 Å². The highest BCUT2D eigenvalue weighted by molar-refractivity contribution is 7.87. The van der Waals surface area contributed by atoms with E-state index in [0.29, 0.717) is 23.9 Å². The van der Waals surface area contributed by atoms with Crippen LogP contribution in [0.15, 0.2) is 60.0 Å². The number of aromatic nitrogens is 1. The summed E-state index contributed by atoms with van der Waals surface area (Å²) in [5.41, 5.74) is 3.72. The molecule has 3 rings (SSSR count). The van der Waals surface area contributed by atoms with E-state index in [4.69, 9.17) is 9.88 Å². The van der Waals surface area contributed by atoms with E-state index in [-0.39, 0.29) is 19.6 Å². The Morgan fingerprint density at radius 3 is 2.42 bits per heavy atom. The van der Waals surface area contributed by atoms with Crippen LogP contribution in [-0.4, -0.2) is 38.0 Å². The third-order valence-corrected chi connectivity index (χ3v) is 7.02. The molecule has 0 spiro atoms. The molecule has 0 aliphatic carbocycles. The molecule has 2 aromatic carbocycles. The predicted molar refractivity (Wildman–Crippen MR) is 149 cm³/mol. The van der Waals surface area contributed by atoms with Crippen molar-refractivity contribution in [2.75, 3.05) is 11.9 Å². The minimum absolute atomic E-state index is 0.0602. The third kappa shape index (κ3) is 9.86. The van der Waals surface area contributed by atoms with Gasteiger partial charge in [0.05, 0.1) is 5.69 Å². The standard InChI is InChI=1S/C26H33N5O5S2/c1-18(2)20-11-13-21(14-12-20)23-17-37-25(29-23)31-24(32)22(10-6-7-15-28-38(27,34)35)30-26(33)36-16-19-8-4-3-5-9-19/h3-5,8-9,11-14,17-18,22,28H,6-7,10,15-16H2,1-2H3,(H,30,33)(H2,27,34,35)(H,29,31,32)/t22-/m0/s1. The summed E-state index contributed by atoms with van der Waals surface area (Å²) in [6.07, 6.45) is 0.398. The van der Waals surface area contributed by atoms with Crippen LogP contribution in [0, 0.1) is 0 Å². The maximum atomic E-state index is 13.1. The monoisotopic (exact) mass is 559 g/mol. The van der Waals surface area contributed by atoms with Crippen molar-refractivity contribution in [1.29, 1.82) is 0 Å². The summed E-state index contributed by atoms with van der Waals surface area (Å²) in [5, 5.41) is 12.6. The number of nitrogens with zero attached hydrogens (tertiary/aromatic N) is 1. The summed E-state index contributed by atoms with van der Waals surface area (Å²) in [6, 6.07) is 16.4. The van der Waals surface area contributed by atoms with Gasteiger partial charge in [0.1, 0.15) is 12.6 Å². The highest BCUT2D eigenvalue weighted by Crippen LogP contribution is 2.26. The molecule has 38 heavy (non-hydrogen) atoms. The highest BCUT2D eigenvalue weighted by atomic mass is 32.2. The Bertz CT molecular complexity index is 1300. The zero-order chi connectivity index (χ0) is 27.5. The fraction of sp³-hybridized carbons (Fsp3) is 0.346. The van der Waals surface area contributed by atoms with Crippen LogP contribution < -0.4 is 20.5 Å². The second kappa shape index (κ2) is 14.0. The summed E-state index contributed by atoms with van der Waals surface area (Å²) in [7, 11) is -3.79. The average molecular weight is 560 g/mol. The number of carbonyl (C=O) groups excluding carboxylic acids is 2. The van der Waals surface area contributed by atoms with Gasteiger partial charge in [-0.05, 0) is 36.3 Å². The van der Waals surface area contributed by atoms with Crippen LogP contribution in [0.25, 0.3) is 11.3 Å². The Morgan fingerprint density at radius 2 is 1.76 bits per heavy atom. The van der Waals surface area contributed by atoms with Gasteiger partial charge in [0.15, 0.2) is 5.13 Å². The molecule has 1 atom stereocenters. The number of anilines is 1. The van der Waals surface area contributed by atoms with Gasteiger partial charge < -0.3 is 15.4 Å². The Hall–Kier alpha value is -3.32. The number of carbonyl (C=O) groups is 2. The molecule has 0 saturated heterocycles. The first-order valence-corrected chi connectivity index (χ1v) is 14.6. The fourth-order valence-electron chi connectivity index (χ4n) is 3.56. The number of amides is 2. The molecule has 0 aliphatic rings. The first-order valence-electron chi connectivity index (χ1n) is 12.2. The fourth-order valence-corrected chi connectivity index (χ4v) is 4.71. The van der Waals surface area contributed by atoms with Gasteiger partial charge in [-0.25, -0.2) is 19.6 Å². The maximum absolute atomic E-state index is 13.1. The van der Waals surface area contributed by atoms with Crippen molar-refractivity contribution in [2.45, 2.75) is 51.7 Å². The lowest BCUT2D eigenvalue weighted by atomic mass is 10.0.